The van der Waals surface area contributed by atoms with Crippen LogP contribution in [0.25, 0.3) is 0 Å². The second-order valence-corrected chi connectivity index (χ2v) is 7.86. The van der Waals surface area contributed by atoms with Crippen molar-refractivity contribution in [2.75, 3.05) is 0 Å². The minimum atomic E-state index is 0.198. The van der Waals surface area contributed by atoms with Crippen molar-refractivity contribution in [2.45, 2.75) is 42.5 Å². The number of hydrogen-bond donors (Lipinski definition) is 1. The third-order valence-corrected chi connectivity index (χ3v) is 4.81. The molecule has 0 aliphatic rings. The van der Waals surface area contributed by atoms with Gasteiger partial charge >= 0.3 is 0 Å². The third-order valence-electron chi connectivity index (χ3n) is 3.19. The molecule has 0 aromatic heterocycles. The first-order valence-corrected chi connectivity index (χ1v) is 8.28. The van der Waals surface area contributed by atoms with Gasteiger partial charge in [-0.05, 0) is 46.9 Å². The van der Waals surface area contributed by atoms with Gasteiger partial charge in [-0.15, -0.1) is 0 Å². The molecule has 0 heterocycles. The molecular formula is C17H20BrNS. The van der Waals surface area contributed by atoms with Gasteiger partial charge in [0.2, 0.25) is 0 Å². The molecule has 1 nitrogen and oxygen atoms in total. The molecule has 0 spiro atoms. The maximum Gasteiger partial charge on any atom is 0.0189 e. The van der Waals surface area contributed by atoms with E-state index in [0.29, 0.717) is 6.54 Å². The second-order valence-electron chi connectivity index (χ2n) is 5.83. The highest BCUT2D eigenvalue weighted by molar-refractivity contribution is 9.10. The Bertz CT molecular complexity index is 585. The second kappa shape index (κ2) is 6.33. The zero-order valence-electron chi connectivity index (χ0n) is 12.1. The molecule has 3 heteroatoms. The molecule has 0 aliphatic carbocycles. The van der Waals surface area contributed by atoms with Gasteiger partial charge in [0.25, 0.3) is 0 Å². The molecule has 0 bridgehead atoms. The van der Waals surface area contributed by atoms with E-state index in [1.54, 1.807) is 11.8 Å². The average molecular weight is 350 g/mol. The molecule has 0 radical (unpaired) electrons. The molecule has 106 valence electrons. The first-order chi connectivity index (χ1) is 9.40. The molecule has 0 aliphatic heterocycles. The highest BCUT2D eigenvalue weighted by Gasteiger charge is 2.13. The Morgan fingerprint density at radius 3 is 2.25 bits per heavy atom. The highest BCUT2D eigenvalue weighted by Crippen LogP contribution is 2.33. The van der Waals surface area contributed by atoms with Gasteiger partial charge in [0, 0.05) is 20.8 Å². The van der Waals surface area contributed by atoms with Gasteiger partial charge in [-0.2, -0.15) is 0 Å². The Morgan fingerprint density at radius 2 is 1.70 bits per heavy atom. The average Bonchev–Trinajstić information content (AvgIpc) is 2.40. The van der Waals surface area contributed by atoms with E-state index in [4.69, 9.17) is 5.73 Å². The standard InChI is InChI=1S/C17H20BrNS/c1-17(2,3)13-4-7-15(8-5-13)20-16-9-6-14(18)10-12(16)11-19/h4-10H,11,19H2,1-3H3. The quantitative estimate of drug-likeness (QED) is 0.807. The van der Waals surface area contributed by atoms with E-state index in [0.717, 1.165) is 4.47 Å². The predicted molar refractivity (Wildman–Crippen MR) is 91.3 cm³/mol. The molecule has 2 N–H and O–H groups in total. The first-order valence-electron chi connectivity index (χ1n) is 6.67. The molecule has 2 aromatic carbocycles. The van der Waals surface area contributed by atoms with Crippen LogP contribution in [0.3, 0.4) is 0 Å². The van der Waals surface area contributed by atoms with Crippen molar-refractivity contribution in [3.05, 3.63) is 58.1 Å². The summed E-state index contributed by atoms with van der Waals surface area (Å²) in [7, 11) is 0. The maximum atomic E-state index is 5.82. The summed E-state index contributed by atoms with van der Waals surface area (Å²) in [6.45, 7) is 7.26. The predicted octanol–water partition coefficient (Wildman–Crippen LogP) is 5.36. The summed E-state index contributed by atoms with van der Waals surface area (Å²) in [6, 6.07) is 15.1. The number of rotatable bonds is 3. The number of nitrogens with two attached hydrogens (primary N) is 1. The van der Waals surface area contributed by atoms with Crippen molar-refractivity contribution < 1.29 is 0 Å². The van der Waals surface area contributed by atoms with Crippen LogP contribution in [0.5, 0.6) is 0 Å². The summed E-state index contributed by atoms with van der Waals surface area (Å²) in [6.07, 6.45) is 0. The van der Waals surface area contributed by atoms with Gasteiger partial charge < -0.3 is 5.73 Å². The maximum absolute atomic E-state index is 5.82. The minimum absolute atomic E-state index is 0.198. The van der Waals surface area contributed by atoms with Crippen LogP contribution in [-0.4, -0.2) is 0 Å². The third kappa shape index (κ3) is 3.87. The molecule has 0 fully saturated rings. The Morgan fingerprint density at radius 1 is 1.05 bits per heavy atom. The van der Waals surface area contributed by atoms with Gasteiger partial charge in [0.05, 0.1) is 0 Å². The van der Waals surface area contributed by atoms with Crippen molar-refractivity contribution in [1.82, 2.24) is 0 Å². The Kier molecular flexibility index (Phi) is 4.95. The number of benzene rings is 2. The van der Waals surface area contributed by atoms with Crippen LogP contribution in [0, 0.1) is 0 Å². The van der Waals surface area contributed by atoms with Crippen molar-refractivity contribution in [3.63, 3.8) is 0 Å². The Balaban J connectivity index is 2.22. The van der Waals surface area contributed by atoms with Gasteiger partial charge in [-0.1, -0.05) is 60.6 Å². The Labute approximate surface area is 134 Å². The van der Waals surface area contributed by atoms with E-state index < -0.39 is 0 Å². The lowest BCUT2D eigenvalue weighted by atomic mass is 9.87. The molecule has 0 unspecified atom stereocenters. The number of halogens is 1. The van der Waals surface area contributed by atoms with Crippen LogP contribution in [0.1, 0.15) is 31.9 Å². The zero-order chi connectivity index (χ0) is 14.8. The lowest BCUT2D eigenvalue weighted by molar-refractivity contribution is 0.590. The van der Waals surface area contributed by atoms with Gasteiger partial charge in [-0.3, -0.25) is 0 Å². The summed E-state index contributed by atoms with van der Waals surface area (Å²) >= 11 is 5.26. The summed E-state index contributed by atoms with van der Waals surface area (Å²) < 4.78 is 1.07. The van der Waals surface area contributed by atoms with Crippen molar-refractivity contribution in [1.29, 1.82) is 0 Å². The molecule has 0 atom stereocenters. The SMILES string of the molecule is CC(C)(C)c1ccc(Sc2ccc(Br)cc2CN)cc1. The normalized spacial score (nSPS) is 11.7. The highest BCUT2D eigenvalue weighted by atomic mass is 79.9. The van der Waals surface area contributed by atoms with E-state index in [9.17, 15) is 0 Å². The van der Waals surface area contributed by atoms with Crippen LogP contribution in [0.4, 0.5) is 0 Å². The van der Waals surface area contributed by atoms with E-state index in [-0.39, 0.29) is 5.41 Å². The minimum Gasteiger partial charge on any atom is -0.326 e. The smallest absolute Gasteiger partial charge is 0.0189 e. The molecule has 20 heavy (non-hydrogen) atoms. The van der Waals surface area contributed by atoms with Crippen molar-refractivity contribution in [3.8, 4) is 0 Å². The van der Waals surface area contributed by atoms with Crippen molar-refractivity contribution in [2.24, 2.45) is 5.73 Å². The van der Waals surface area contributed by atoms with Gasteiger partial charge in [0.1, 0.15) is 0 Å². The van der Waals surface area contributed by atoms with Gasteiger partial charge in [0.15, 0.2) is 0 Å². The summed E-state index contributed by atoms with van der Waals surface area (Å²) in [5, 5.41) is 0. The van der Waals surface area contributed by atoms with E-state index in [2.05, 4.69) is 79.2 Å². The van der Waals surface area contributed by atoms with Crippen LogP contribution < -0.4 is 5.73 Å². The molecular weight excluding hydrogens is 330 g/mol. The fraction of sp³-hybridized carbons (Fsp3) is 0.294. The lowest BCUT2D eigenvalue weighted by Crippen LogP contribution is -2.10. The van der Waals surface area contributed by atoms with Crippen LogP contribution in [0.15, 0.2) is 56.7 Å². The fourth-order valence-corrected chi connectivity index (χ4v) is 3.30. The van der Waals surface area contributed by atoms with E-state index in [1.807, 2.05) is 0 Å². The summed E-state index contributed by atoms with van der Waals surface area (Å²) in [5.74, 6) is 0. The molecule has 0 saturated heterocycles. The van der Waals surface area contributed by atoms with E-state index >= 15 is 0 Å². The number of hydrogen-bond acceptors (Lipinski definition) is 2. The fourth-order valence-electron chi connectivity index (χ4n) is 1.96. The monoisotopic (exact) mass is 349 g/mol. The Hall–Kier alpha value is -0.770. The van der Waals surface area contributed by atoms with Crippen LogP contribution in [-0.2, 0) is 12.0 Å². The van der Waals surface area contributed by atoms with E-state index in [1.165, 1.54) is 20.9 Å². The molecule has 0 amide bonds. The van der Waals surface area contributed by atoms with Crippen LogP contribution >= 0.6 is 27.7 Å². The summed E-state index contributed by atoms with van der Waals surface area (Å²) in [5.41, 5.74) is 8.55. The molecule has 2 aromatic rings. The summed E-state index contributed by atoms with van der Waals surface area (Å²) in [4.78, 5) is 2.47. The zero-order valence-corrected chi connectivity index (χ0v) is 14.5. The van der Waals surface area contributed by atoms with Crippen LogP contribution in [0.2, 0.25) is 0 Å². The van der Waals surface area contributed by atoms with Gasteiger partial charge in [-0.25, -0.2) is 0 Å². The first kappa shape index (κ1) is 15.6. The largest absolute Gasteiger partial charge is 0.326 e. The lowest BCUT2D eigenvalue weighted by Gasteiger charge is -2.19. The molecule has 0 saturated carbocycles. The van der Waals surface area contributed by atoms with Crippen molar-refractivity contribution >= 4 is 27.7 Å². The molecule has 2 rings (SSSR count). The topological polar surface area (TPSA) is 26.0 Å².